The van der Waals surface area contributed by atoms with Gasteiger partial charge in [0.15, 0.2) is 0 Å². The Morgan fingerprint density at radius 2 is 1.81 bits per heavy atom. The maximum absolute atomic E-state index is 13.4. The highest BCUT2D eigenvalue weighted by Gasteiger charge is 2.38. The van der Waals surface area contributed by atoms with Crippen molar-refractivity contribution in [2.45, 2.75) is 12.1 Å². The van der Waals surface area contributed by atoms with E-state index in [1.807, 2.05) is 6.07 Å². The summed E-state index contributed by atoms with van der Waals surface area (Å²) in [4.78, 5) is 24.4. The molecule has 6 nitrogen and oxygen atoms in total. The van der Waals surface area contributed by atoms with Crippen molar-refractivity contribution in [1.82, 2.24) is 4.57 Å². The summed E-state index contributed by atoms with van der Waals surface area (Å²) < 4.78 is 31.5. The van der Waals surface area contributed by atoms with Gasteiger partial charge in [-0.15, -0.1) is 0 Å². The summed E-state index contributed by atoms with van der Waals surface area (Å²) in [6, 6.07) is 16.3. The summed E-state index contributed by atoms with van der Waals surface area (Å²) in [6.45, 7) is 1.41. The van der Waals surface area contributed by atoms with Crippen LogP contribution >= 0.6 is 0 Å². The molecule has 2 heterocycles. The summed E-state index contributed by atoms with van der Waals surface area (Å²) in [5.41, 5.74) is 1.53. The minimum absolute atomic E-state index is 0.204. The molecule has 160 valence electrons. The highest BCUT2D eigenvalue weighted by atomic mass is 19.1. The number of carbonyl (C=O) groups is 1. The first kappa shape index (κ1) is 21.0. The Balaban J connectivity index is 1.63. The quantitative estimate of drug-likeness (QED) is 0.590. The molecular formula is C24H22FNO5. The molecule has 3 aromatic rings. The number of pyridine rings is 1. The minimum Gasteiger partial charge on any atom is -0.465 e. The standard InChI is InChI=1S/C24H22FNO5/c1-29-23(28)18-4-2-17(3-5-18)15-26-11-10-20(14-22(26)27)24(16-30-12-13-31-24)19-6-8-21(25)9-7-19/h2-11,14H,12-13,15-16H2,1H3. The van der Waals surface area contributed by atoms with Crippen molar-refractivity contribution in [1.29, 1.82) is 0 Å². The van der Waals surface area contributed by atoms with E-state index in [1.54, 1.807) is 47.2 Å². The van der Waals surface area contributed by atoms with E-state index in [2.05, 4.69) is 0 Å². The van der Waals surface area contributed by atoms with Gasteiger partial charge in [0.05, 0.1) is 39.0 Å². The zero-order valence-corrected chi connectivity index (χ0v) is 17.0. The number of ether oxygens (including phenoxy) is 3. The third kappa shape index (κ3) is 4.28. The van der Waals surface area contributed by atoms with Gasteiger partial charge in [-0.1, -0.05) is 24.3 Å². The minimum atomic E-state index is -0.966. The molecule has 1 aromatic heterocycles. The molecule has 0 saturated carbocycles. The van der Waals surface area contributed by atoms with Crippen molar-refractivity contribution in [3.05, 3.63) is 105 Å². The first-order chi connectivity index (χ1) is 15.0. The molecule has 1 atom stereocenters. The normalized spacial score (nSPS) is 18.5. The first-order valence-corrected chi connectivity index (χ1v) is 9.88. The molecule has 1 saturated heterocycles. The van der Waals surface area contributed by atoms with Crippen LogP contribution in [-0.4, -0.2) is 37.5 Å². The molecule has 1 fully saturated rings. The lowest BCUT2D eigenvalue weighted by molar-refractivity contribution is -0.140. The number of rotatable bonds is 5. The Morgan fingerprint density at radius 1 is 1.06 bits per heavy atom. The molecular weight excluding hydrogens is 401 g/mol. The average molecular weight is 423 g/mol. The van der Waals surface area contributed by atoms with Crippen LogP contribution in [0.25, 0.3) is 0 Å². The van der Waals surface area contributed by atoms with Crippen LogP contribution in [0.15, 0.2) is 71.7 Å². The van der Waals surface area contributed by atoms with E-state index in [1.165, 1.54) is 25.3 Å². The molecule has 1 aliphatic heterocycles. The molecule has 1 aliphatic rings. The lowest BCUT2D eigenvalue weighted by Crippen LogP contribution is -2.42. The van der Waals surface area contributed by atoms with Crippen LogP contribution in [0, 0.1) is 5.82 Å². The highest BCUT2D eigenvalue weighted by Crippen LogP contribution is 2.35. The predicted octanol–water partition coefficient (Wildman–Crippen LogP) is 3.11. The number of aromatic nitrogens is 1. The lowest BCUT2D eigenvalue weighted by atomic mass is 9.86. The van der Waals surface area contributed by atoms with Gasteiger partial charge in [-0.05, 0) is 47.0 Å². The SMILES string of the molecule is COC(=O)c1ccc(Cn2ccc(C3(c4ccc(F)cc4)COCCO3)cc2=O)cc1. The Hall–Kier alpha value is -3.29. The molecule has 1 unspecified atom stereocenters. The molecule has 31 heavy (non-hydrogen) atoms. The molecule has 0 radical (unpaired) electrons. The van der Waals surface area contributed by atoms with Gasteiger partial charge in [0.1, 0.15) is 11.4 Å². The predicted molar refractivity (Wildman–Crippen MR) is 112 cm³/mol. The van der Waals surface area contributed by atoms with Crippen LogP contribution in [0.1, 0.15) is 27.0 Å². The number of hydrogen-bond donors (Lipinski definition) is 0. The van der Waals surface area contributed by atoms with E-state index >= 15 is 0 Å². The third-order valence-corrected chi connectivity index (χ3v) is 5.38. The van der Waals surface area contributed by atoms with Gasteiger partial charge < -0.3 is 18.8 Å². The van der Waals surface area contributed by atoms with Crippen molar-refractivity contribution in [3.63, 3.8) is 0 Å². The molecule has 0 spiro atoms. The highest BCUT2D eigenvalue weighted by molar-refractivity contribution is 5.89. The van der Waals surface area contributed by atoms with Crippen LogP contribution in [0.3, 0.4) is 0 Å². The van der Waals surface area contributed by atoms with Gasteiger partial charge >= 0.3 is 5.97 Å². The second-order valence-electron chi connectivity index (χ2n) is 7.31. The number of esters is 1. The fourth-order valence-electron chi connectivity index (χ4n) is 3.70. The smallest absolute Gasteiger partial charge is 0.337 e. The summed E-state index contributed by atoms with van der Waals surface area (Å²) in [6.07, 6.45) is 1.70. The van der Waals surface area contributed by atoms with Crippen LogP contribution in [0.5, 0.6) is 0 Å². The van der Waals surface area contributed by atoms with Crippen molar-refractivity contribution in [2.75, 3.05) is 26.9 Å². The van der Waals surface area contributed by atoms with Crippen LogP contribution in [0.2, 0.25) is 0 Å². The van der Waals surface area contributed by atoms with E-state index in [4.69, 9.17) is 14.2 Å². The Bertz CT molecular complexity index is 1120. The van der Waals surface area contributed by atoms with Crippen LogP contribution in [-0.2, 0) is 26.4 Å². The molecule has 0 bridgehead atoms. The molecule has 2 aromatic carbocycles. The number of halogens is 1. The molecule has 0 aliphatic carbocycles. The van der Waals surface area contributed by atoms with Crippen molar-refractivity contribution >= 4 is 5.97 Å². The molecule has 4 rings (SSSR count). The van der Waals surface area contributed by atoms with E-state index in [9.17, 15) is 14.0 Å². The van der Waals surface area contributed by atoms with Gasteiger partial charge in [-0.3, -0.25) is 4.79 Å². The van der Waals surface area contributed by atoms with E-state index in [0.717, 1.165) is 11.1 Å². The second kappa shape index (κ2) is 8.83. The largest absolute Gasteiger partial charge is 0.465 e. The summed E-state index contributed by atoms with van der Waals surface area (Å²) >= 11 is 0. The van der Waals surface area contributed by atoms with Crippen LogP contribution in [0.4, 0.5) is 4.39 Å². The Morgan fingerprint density at radius 3 is 2.42 bits per heavy atom. The maximum Gasteiger partial charge on any atom is 0.337 e. The van der Waals surface area contributed by atoms with Gasteiger partial charge in [0.2, 0.25) is 0 Å². The number of nitrogens with zero attached hydrogens (tertiary/aromatic N) is 1. The lowest BCUT2D eigenvalue weighted by Gasteiger charge is -2.38. The maximum atomic E-state index is 13.4. The fraction of sp³-hybridized carbons (Fsp3) is 0.250. The van der Waals surface area contributed by atoms with E-state index < -0.39 is 11.6 Å². The first-order valence-electron chi connectivity index (χ1n) is 9.88. The number of benzene rings is 2. The number of carbonyl (C=O) groups excluding carboxylic acids is 1. The van der Waals surface area contributed by atoms with Crippen molar-refractivity contribution in [2.24, 2.45) is 0 Å². The topological polar surface area (TPSA) is 66.8 Å². The zero-order valence-electron chi connectivity index (χ0n) is 17.0. The number of methoxy groups -OCH3 is 1. The second-order valence-corrected chi connectivity index (χ2v) is 7.31. The molecule has 0 amide bonds. The fourth-order valence-corrected chi connectivity index (χ4v) is 3.70. The average Bonchev–Trinajstić information content (AvgIpc) is 2.81. The summed E-state index contributed by atoms with van der Waals surface area (Å²) in [5.74, 6) is -0.752. The molecule has 7 heteroatoms. The van der Waals surface area contributed by atoms with Crippen LogP contribution < -0.4 is 5.56 Å². The van der Waals surface area contributed by atoms with Gasteiger partial charge in [-0.25, -0.2) is 9.18 Å². The van der Waals surface area contributed by atoms with Crippen molar-refractivity contribution < 1.29 is 23.4 Å². The Kier molecular flexibility index (Phi) is 5.97. The zero-order chi connectivity index (χ0) is 21.8. The number of hydrogen-bond acceptors (Lipinski definition) is 5. The van der Waals surface area contributed by atoms with E-state index in [0.29, 0.717) is 30.9 Å². The molecule has 0 N–H and O–H groups in total. The third-order valence-electron chi connectivity index (χ3n) is 5.38. The van der Waals surface area contributed by atoms with Gasteiger partial charge in [-0.2, -0.15) is 0 Å². The summed E-state index contributed by atoms with van der Waals surface area (Å²) in [5, 5.41) is 0. The van der Waals surface area contributed by atoms with Gasteiger partial charge in [0.25, 0.3) is 5.56 Å². The van der Waals surface area contributed by atoms with Crippen molar-refractivity contribution in [3.8, 4) is 0 Å². The Labute approximate surface area is 178 Å². The van der Waals surface area contributed by atoms with E-state index in [-0.39, 0.29) is 18.0 Å². The van der Waals surface area contributed by atoms with Gasteiger partial charge in [0, 0.05) is 12.3 Å². The summed E-state index contributed by atoms with van der Waals surface area (Å²) in [7, 11) is 1.33. The monoisotopic (exact) mass is 423 g/mol.